The second-order valence-corrected chi connectivity index (χ2v) is 5.92. The van der Waals surface area contributed by atoms with Gasteiger partial charge in [0, 0.05) is 30.1 Å². The number of aromatic nitrogens is 1. The summed E-state index contributed by atoms with van der Waals surface area (Å²) in [4.78, 5) is 7.00. The third kappa shape index (κ3) is 2.75. The van der Waals surface area contributed by atoms with E-state index in [9.17, 15) is 13.2 Å². The van der Waals surface area contributed by atoms with Gasteiger partial charge in [-0.3, -0.25) is 0 Å². The van der Waals surface area contributed by atoms with Crippen molar-refractivity contribution in [1.82, 2.24) is 4.98 Å². The molecule has 2 aromatic rings. The molecule has 0 amide bonds. The molecular weight excluding hydrogens is 299 g/mol. The number of hydrogen-bond acceptors (Lipinski definition) is 4. The van der Waals surface area contributed by atoms with E-state index in [4.69, 9.17) is 5.73 Å². The van der Waals surface area contributed by atoms with Crippen LogP contribution in [0.3, 0.4) is 0 Å². The summed E-state index contributed by atoms with van der Waals surface area (Å²) in [5.74, 6) is 0.351. The second kappa shape index (κ2) is 5.31. The van der Waals surface area contributed by atoms with Crippen LogP contribution in [-0.2, 0) is 25.7 Å². The zero-order valence-electron chi connectivity index (χ0n) is 11.2. The van der Waals surface area contributed by atoms with Crippen molar-refractivity contribution < 1.29 is 13.2 Å². The predicted octanol–water partition coefficient (Wildman–Crippen LogP) is 3.18. The van der Waals surface area contributed by atoms with Gasteiger partial charge in [0.15, 0.2) is 0 Å². The molecular formula is C14H14F3N3S. The van der Waals surface area contributed by atoms with Crippen molar-refractivity contribution in [2.45, 2.75) is 25.7 Å². The minimum atomic E-state index is -4.44. The molecule has 0 fully saturated rings. The van der Waals surface area contributed by atoms with E-state index in [1.54, 1.807) is 11.3 Å². The Morgan fingerprint density at radius 2 is 2.10 bits per heavy atom. The van der Waals surface area contributed by atoms with Crippen LogP contribution in [0, 0.1) is 0 Å². The molecule has 0 atom stereocenters. The first-order valence-electron chi connectivity index (χ1n) is 6.56. The SMILES string of the molecule is NCc1ccc(C(F)(F)F)nc1N1CCc2sccc2C1. The maximum absolute atomic E-state index is 12.8. The van der Waals surface area contributed by atoms with Gasteiger partial charge in [-0.25, -0.2) is 4.98 Å². The molecule has 112 valence electrons. The first-order chi connectivity index (χ1) is 9.99. The highest BCUT2D eigenvalue weighted by Crippen LogP contribution is 2.33. The van der Waals surface area contributed by atoms with E-state index < -0.39 is 11.9 Å². The minimum Gasteiger partial charge on any atom is -0.352 e. The molecule has 0 unspecified atom stereocenters. The highest BCUT2D eigenvalue weighted by Gasteiger charge is 2.33. The van der Waals surface area contributed by atoms with E-state index in [0.717, 1.165) is 18.1 Å². The number of fused-ring (bicyclic) bond motifs is 1. The van der Waals surface area contributed by atoms with Gasteiger partial charge < -0.3 is 10.6 Å². The minimum absolute atomic E-state index is 0.174. The molecule has 2 N–H and O–H groups in total. The van der Waals surface area contributed by atoms with Gasteiger partial charge in [0.1, 0.15) is 11.5 Å². The summed E-state index contributed by atoms with van der Waals surface area (Å²) in [5.41, 5.74) is 6.58. The second-order valence-electron chi connectivity index (χ2n) is 4.92. The van der Waals surface area contributed by atoms with Gasteiger partial charge in [0.2, 0.25) is 0 Å². The van der Waals surface area contributed by atoms with Crippen LogP contribution in [0.15, 0.2) is 23.6 Å². The Bertz CT molecular complexity index is 651. The summed E-state index contributed by atoms with van der Waals surface area (Å²) in [5, 5.41) is 2.01. The lowest BCUT2D eigenvalue weighted by molar-refractivity contribution is -0.141. The van der Waals surface area contributed by atoms with Gasteiger partial charge >= 0.3 is 6.18 Å². The third-order valence-corrected chi connectivity index (χ3v) is 4.60. The summed E-state index contributed by atoms with van der Waals surface area (Å²) in [6, 6.07) is 4.43. The first kappa shape index (κ1) is 14.3. The predicted molar refractivity (Wildman–Crippen MR) is 76.2 cm³/mol. The van der Waals surface area contributed by atoms with Crippen molar-refractivity contribution in [3.05, 3.63) is 45.3 Å². The molecule has 0 aliphatic carbocycles. The molecule has 1 aliphatic heterocycles. The van der Waals surface area contributed by atoms with Crippen molar-refractivity contribution in [2.75, 3.05) is 11.4 Å². The lowest BCUT2D eigenvalue weighted by Gasteiger charge is -2.30. The van der Waals surface area contributed by atoms with Crippen LogP contribution < -0.4 is 10.6 Å². The highest BCUT2D eigenvalue weighted by molar-refractivity contribution is 7.10. The van der Waals surface area contributed by atoms with Gasteiger partial charge in [0.05, 0.1) is 0 Å². The molecule has 0 aromatic carbocycles. The molecule has 2 aromatic heterocycles. The Morgan fingerprint density at radius 1 is 1.29 bits per heavy atom. The Hall–Kier alpha value is -1.60. The van der Waals surface area contributed by atoms with Crippen LogP contribution in [0.4, 0.5) is 19.0 Å². The van der Waals surface area contributed by atoms with E-state index >= 15 is 0 Å². The summed E-state index contributed by atoms with van der Waals surface area (Å²) >= 11 is 1.69. The van der Waals surface area contributed by atoms with Crippen molar-refractivity contribution in [1.29, 1.82) is 0 Å². The number of pyridine rings is 1. The largest absolute Gasteiger partial charge is 0.433 e. The lowest BCUT2D eigenvalue weighted by Crippen LogP contribution is -2.32. The summed E-state index contributed by atoms with van der Waals surface area (Å²) in [6.07, 6.45) is -3.61. The number of alkyl halides is 3. The summed E-state index contributed by atoms with van der Waals surface area (Å²) < 4.78 is 38.5. The number of nitrogens with two attached hydrogens (primary N) is 1. The molecule has 1 aliphatic rings. The first-order valence-corrected chi connectivity index (χ1v) is 7.44. The summed E-state index contributed by atoms with van der Waals surface area (Å²) in [6.45, 7) is 1.42. The molecule has 21 heavy (non-hydrogen) atoms. The Morgan fingerprint density at radius 3 is 2.81 bits per heavy atom. The molecule has 0 saturated heterocycles. The standard InChI is InChI=1S/C14H14F3N3S/c15-14(16,17)12-2-1-9(7-18)13(19-12)20-5-3-11-10(8-20)4-6-21-11/h1-2,4,6H,3,5,7-8,18H2. The van der Waals surface area contributed by atoms with Crippen LogP contribution in [0.5, 0.6) is 0 Å². The number of halogens is 3. The van der Waals surface area contributed by atoms with Crippen molar-refractivity contribution in [2.24, 2.45) is 5.73 Å². The quantitative estimate of drug-likeness (QED) is 0.926. The Balaban J connectivity index is 1.97. The van der Waals surface area contributed by atoms with E-state index in [0.29, 0.717) is 24.5 Å². The van der Waals surface area contributed by atoms with Crippen LogP contribution in [0.25, 0.3) is 0 Å². The monoisotopic (exact) mass is 313 g/mol. The van der Waals surface area contributed by atoms with Crippen LogP contribution in [0.2, 0.25) is 0 Å². The number of hydrogen-bond donors (Lipinski definition) is 1. The Labute approximate surface area is 124 Å². The fraction of sp³-hybridized carbons (Fsp3) is 0.357. The maximum Gasteiger partial charge on any atom is 0.433 e. The molecule has 0 bridgehead atoms. The number of nitrogens with zero attached hydrogens (tertiary/aromatic N) is 2. The molecule has 0 radical (unpaired) electrons. The van der Waals surface area contributed by atoms with Crippen molar-refractivity contribution >= 4 is 17.2 Å². The molecule has 3 heterocycles. The van der Waals surface area contributed by atoms with Crippen molar-refractivity contribution in [3.63, 3.8) is 0 Å². The highest BCUT2D eigenvalue weighted by atomic mass is 32.1. The fourth-order valence-corrected chi connectivity index (χ4v) is 3.39. The smallest absolute Gasteiger partial charge is 0.352 e. The van der Waals surface area contributed by atoms with Gasteiger partial charge in [-0.1, -0.05) is 6.07 Å². The van der Waals surface area contributed by atoms with Gasteiger partial charge in [-0.05, 0) is 29.5 Å². The van der Waals surface area contributed by atoms with Gasteiger partial charge in [-0.2, -0.15) is 13.2 Å². The zero-order chi connectivity index (χ0) is 15.0. The number of thiophene rings is 1. The van der Waals surface area contributed by atoms with E-state index in [-0.39, 0.29) is 6.54 Å². The Kier molecular flexibility index (Phi) is 3.62. The normalized spacial score (nSPS) is 15.1. The number of anilines is 1. The zero-order valence-corrected chi connectivity index (χ0v) is 12.0. The fourth-order valence-electron chi connectivity index (χ4n) is 2.50. The van der Waals surface area contributed by atoms with E-state index in [2.05, 4.69) is 4.98 Å². The van der Waals surface area contributed by atoms with E-state index in [1.165, 1.54) is 10.9 Å². The molecule has 3 rings (SSSR count). The van der Waals surface area contributed by atoms with Gasteiger partial charge in [0.25, 0.3) is 0 Å². The molecule has 7 heteroatoms. The topological polar surface area (TPSA) is 42.1 Å². The number of rotatable bonds is 2. The average molecular weight is 313 g/mol. The van der Waals surface area contributed by atoms with Gasteiger partial charge in [-0.15, -0.1) is 11.3 Å². The van der Waals surface area contributed by atoms with Crippen LogP contribution >= 0.6 is 11.3 Å². The van der Waals surface area contributed by atoms with E-state index in [1.807, 2.05) is 16.3 Å². The maximum atomic E-state index is 12.8. The molecule has 0 spiro atoms. The average Bonchev–Trinajstić information content (AvgIpc) is 2.93. The van der Waals surface area contributed by atoms with Crippen molar-refractivity contribution in [3.8, 4) is 0 Å². The molecule has 0 saturated carbocycles. The van der Waals surface area contributed by atoms with Crippen LogP contribution in [0.1, 0.15) is 21.7 Å². The summed E-state index contributed by atoms with van der Waals surface area (Å²) in [7, 11) is 0. The lowest BCUT2D eigenvalue weighted by atomic mass is 10.1. The third-order valence-electron chi connectivity index (χ3n) is 3.57. The molecule has 3 nitrogen and oxygen atoms in total. The van der Waals surface area contributed by atoms with Crippen LogP contribution in [-0.4, -0.2) is 11.5 Å².